The molecule has 0 saturated carbocycles. The fraction of sp³-hybridized carbons (Fsp3) is 0.148. The van der Waals surface area contributed by atoms with Crippen molar-refractivity contribution in [1.29, 1.82) is 0 Å². The van der Waals surface area contributed by atoms with Crippen molar-refractivity contribution in [3.8, 4) is 21.9 Å². The van der Waals surface area contributed by atoms with Crippen LogP contribution in [-0.4, -0.2) is 32.1 Å². The smallest absolute Gasteiger partial charge is 0.506 e. The Bertz CT molecular complexity index is 1410. The van der Waals surface area contributed by atoms with Gasteiger partial charge in [0.1, 0.15) is 22.0 Å². The molecule has 7 nitrogen and oxygen atoms in total. The molecule has 0 unspecified atom stereocenters. The minimum absolute atomic E-state index is 0. The first-order chi connectivity index (χ1) is 17.4. The number of nitrogens with zero attached hydrogens (tertiary/aromatic N) is 4. The summed E-state index contributed by atoms with van der Waals surface area (Å²) in [7, 11) is 0. The van der Waals surface area contributed by atoms with E-state index in [1.807, 2.05) is 60.9 Å². The van der Waals surface area contributed by atoms with E-state index in [2.05, 4.69) is 22.1 Å². The van der Waals surface area contributed by atoms with E-state index in [0.717, 1.165) is 51.1 Å². The Morgan fingerprint density at radius 3 is 2.62 bits per heavy atom. The monoisotopic (exact) mass is 543 g/mol. The Morgan fingerprint density at radius 1 is 1.27 bits per heavy atom. The van der Waals surface area contributed by atoms with Gasteiger partial charge in [-0.05, 0) is 42.7 Å². The normalized spacial score (nSPS) is 11.4. The van der Waals surface area contributed by atoms with Crippen molar-refractivity contribution in [1.82, 2.24) is 14.5 Å². The number of carbonyl (C=O) groups excluding carboxylic acids is 1. The fourth-order valence-corrected chi connectivity index (χ4v) is 4.49. The summed E-state index contributed by atoms with van der Waals surface area (Å²) in [5.74, 6) is -0.761. The van der Waals surface area contributed by atoms with Gasteiger partial charge in [-0.15, -0.1) is 17.9 Å². The number of aromatic hydroxyl groups is 1. The first-order valence-electron chi connectivity index (χ1n) is 11.2. The van der Waals surface area contributed by atoms with Crippen molar-refractivity contribution >= 4 is 28.3 Å². The average Bonchev–Trinajstić information content (AvgIpc) is 3.50. The molecule has 0 atom stereocenters. The molecule has 3 aromatic heterocycles. The minimum Gasteiger partial charge on any atom is -0.506 e. The number of benzene rings is 1. The molecular weight excluding hydrogens is 516 g/mol. The van der Waals surface area contributed by atoms with Crippen LogP contribution in [0.15, 0.2) is 91.1 Å². The quantitative estimate of drug-likeness (QED) is 0.261. The summed E-state index contributed by atoms with van der Waals surface area (Å²) in [5, 5.41) is 10.5. The largest absolute Gasteiger partial charge is 1.00 e. The topological polar surface area (TPSA) is 108 Å². The number of nitrogens with two attached hydrogens (primary N) is 1. The van der Waals surface area contributed by atoms with E-state index in [9.17, 15) is 14.4 Å². The average molecular weight is 544 g/mol. The maximum absolute atomic E-state index is 11.7. The second-order valence-electron chi connectivity index (χ2n) is 7.60. The fourth-order valence-electron chi connectivity index (χ4n) is 3.60. The number of hydrogen-bond donors (Lipinski definition) is 2. The number of halogens is 1. The number of amides is 1. The molecule has 0 radical (unpaired) electrons. The zero-order valence-corrected chi connectivity index (χ0v) is 25.0. The maximum Gasteiger partial charge on any atom is 1.00 e. The molecule has 1 aromatic carbocycles. The Morgan fingerprint density at radius 2 is 2.05 bits per heavy atom. The third-order valence-electron chi connectivity index (χ3n) is 5.39. The summed E-state index contributed by atoms with van der Waals surface area (Å²) in [6.07, 6.45) is 11.5. The van der Waals surface area contributed by atoms with E-state index in [0.29, 0.717) is 5.00 Å². The third-order valence-corrected chi connectivity index (χ3v) is 6.53. The van der Waals surface area contributed by atoms with Crippen LogP contribution < -0.4 is 57.1 Å². The summed E-state index contributed by atoms with van der Waals surface area (Å²) in [5.41, 5.74) is 13.6. The first kappa shape index (κ1) is 30.8. The number of allylic oxidation sites excluding steroid dienone is 3. The summed E-state index contributed by atoms with van der Waals surface area (Å²) >= 11 is 1.13. The number of thiophene rings is 1. The van der Waals surface area contributed by atoms with Gasteiger partial charge in [0.15, 0.2) is 0 Å². The summed E-state index contributed by atoms with van der Waals surface area (Å²) in [6, 6.07) is 11.3. The van der Waals surface area contributed by atoms with E-state index in [4.69, 9.17) is 5.73 Å². The zero-order chi connectivity index (χ0) is 26.1. The van der Waals surface area contributed by atoms with Gasteiger partial charge < -0.3 is 20.9 Å². The summed E-state index contributed by atoms with van der Waals surface area (Å²) in [6.45, 7) is 7.65. The third kappa shape index (κ3) is 7.78. The van der Waals surface area contributed by atoms with Crippen LogP contribution in [0.2, 0.25) is 0 Å². The Hall–Kier alpha value is -2.44. The molecule has 0 aliphatic heterocycles. The van der Waals surface area contributed by atoms with Gasteiger partial charge >= 0.3 is 51.4 Å². The molecule has 3 heterocycles. The number of carbonyl (C=O) groups is 1. The Labute approximate surface area is 262 Å². The van der Waals surface area contributed by atoms with Crippen molar-refractivity contribution in [3.05, 3.63) is 101 Å². The number of hydrogen-bond acceptors (Lipinski definition) is 5. The summed E-state index contributed by atoms with van der Waals surface area (Å²) < 4.78 is 13.5. The molecule has 0 spiro atoms. The molecule has 0 aliphatic carbocycles. The van der Waals surface area contributed by atoms with Crippen molar-refractivity contribution < 1.29 is 65.8 Å². The van der Waals surface area contributed by atoms with Gasteiger partial charge in [-0.2, -0.15) is 0 Å². The SMILES string of the molecule is C=C/C=C(CC)\C(=C/C)C[N-]F.NC(=O)c1sc(-n2cnc3cc(-c4cccnc4)ccc32)cc1O.[K+]. The van der Waals surface area contributed by atoms with E-state index < -0.39 is 5.91 Å². The van der Waals surface area contributed by atoms with Crippen LogP contribution in [0.3, 0.4) is 0 Å². The molecule has 0 saturated heterocycles. The molecule has 0 bridgehead atoms. The molecule has 4 aromatic rings. The van der Waals surface area contributed by atoms with E-state index in [1.54, 1.807) is 24.8 Å². The number of primary amides is 1. The van der Waals surface area contributed by atoms with Gasteiger partial charge in [0.2, 0.25) is 0 Å². The molecule has 3 N–H and O–H groups in total. The molecule has 0 fully saturated rings. The standard InChI is InChI=1S/C17H12N4O2S.C10H15FN.K/c18-17(23)16-14(22)7-15(24-16)21-9-20-12-6-10(3-4-13(12)21)11-2-1-5-19-8-11;1-4-7-9(5-2)10(6-3)8-12-11;/h1-9,22H,(H2,18,23);4,6-7H,1,5,8H2,2-3H3;/q;-1;+1/b;9-7-,10-6-;. The first-order valence-corrected chi connectivity index (χ1v) is 12.0. The van der Waals surface area contributed by atoms with Crippen LogP contribution >= 0.6 is 11.3 Å². The van der Waals surface area contributed by atoms with Crippen LogP contribution in [0.1, 0.15) is 29.9 Å². The van der Waals surface area contributed by atoms with Crippen LogP contribution in [0.5, 0.6) is 5.75 Å². The van der Waals surface area contributed by atoms with Gasteiger partial charge in [-0.3, -0.25) is 14.3 Å². The minimum atomic E-state index is -0.646. The molecule has 37 heavy (non-hydrogen) atoms. The number of fused-ring (bicyclic) bond motifs is 1. The van der Waals surface area contributed by atoms with Crippen molar-refractivity contribution in [3.63, 3.8) is 0 Å². The molecular formula is C27H27FKN5O2S. The van der Waals surface area contributed by atoms with Crippen LogP contribution in [0.25, 0.3) is 32.7 Å². The van der Waals surface area contributed by atoms with Crippen LogP contribution in [0, 0.1) is 0 Å². The van der Waals surface area contributed by atoms with Gasteiger partial charge in [0.25, 0.3) is 5.91 Å². The van der Waals surface area contributed by atoms with Gasteiger partial charge in [-0.25, -0.2) is 4.98 Å². The Kier molecular flexibility index (Phi) is 12.5. The summed E-state index contributed by atoms with van der Waals surface area (Å²) in [4.78, 5) is 20.0. The van der Waals surface area contributed by atoms with Gasteiger partial charge in [0, 0.05) is 24.0 Å². The predicted molar refractivity (Wildman–Crippen MR) is 144 cm³/mol. The zero-order valence-electron chi connectivity index (χ0n) is 21.1. The molecule has 0 aliphatic rings. The number of aromatic nitrogens is 3. The predicted octanol–water partition coefficient (Wildman–Crippen LogP) is 3.67. The van der Waals surface area contributed by atoms with Crippen molar-refractivity contribution in [2.45, 2.75) is 20.3 Å². The van der Waals surface area contributed by atoms with Crippen molar-refractivity contribution in [2.24, 2.45) is 5.73 Å². The van der Waals surface area contributed by atoms with Crippen LogP contribution in [0.4, 0.5) is 4.48 Å². The van der Waals surface area contributed by atoms with Crippen molar-refractivity contribution in [2.75, 3.05) is 6.54 Å². The van der Waals surface area contributed by atoms with E-state index >= 15 is 0 Å². The molecule has 10 heteroatoms. The molecule has 4 rings (SSSR count). The molecule has 1 amide bonds. The number of imidazole rings is 1. The van der Waals surface area contributed by atoms with Gasteiger partial charge in [-0.1, -0.05) is 49.4 Å². The second kappa shape index (κ2) is 15.1. The number of rotatable bonds is 8. The number of pyridine rings is 1. The molecule has 186 valence electrons. The van der Waals surface area contributed by atoms with Crippen LogP contribution in [-0.2, 0) is 0 Å². The van der Waals surface area contributed by atoms with E-state index in [1.165, 1.54) is 6.07 Å². The second-order valence-corrected chi connectivity index (χ2v) is 8.63. The van der Waals surface area contributed by atoms with Gasteiger partial charge in [0.05, 0.1) is 11.0 Å². The maximum atomic E-state index is 11.7. The van der Waals surface area contributed by atoms with E-state index in [-0.39, 0.29) is 68.6 Å². The Balaban J connectivity index is 0.000000319.